The van der Waals surface area contributed by atoms with Crippen LogP contribution in [0.15, 0.2) is 11.6 Å². The Morgan fingerprint density at radius 3 is 2.33 bits per heavy atom. The Morgan fingerprint density at radius 2 is 1.75 bits per heavy atom. The van der Waals surface area contributed by atoms with E-state index in [0.717, 1.165) is 55.8 Å². The molecule has 1 aliphatic carbocycles. The number of methoxy groups -OCH3 is 1. The third-order valence-corrected chi connectivity index (χ3v) is 9.94. The number of ketones is 1. The molecule has 0 bridgehead atoms. The molecule has 0 heterocycles. The maximum absolute atomic E-state index is 12.2. The molecule has 1 rings (SSSR count). The van der Waals surface area contributed by atoms with E-state index < -0.39 is 8.32 Å². The van der Waals surface area contributed by atoms with Crippen molar-refractivity contribution in [3.8, 4) is 0 Å². The number of allylic oxidation sites excluding steroid dienone is 1. The van der Waals surface area contributed by atoms with E-state index in [-0.39, 0.29) is 17.9 Å². The van der Waals surface area contributed by atoms with E-state index >= 15 is 0 Å². The summed E-state index contributed by atoms with van der Waals surface area (Å²) in [7, 11) is -0.223. The molecule has 0 aliphatic heterocycles. The second-order valence-corrected chi connectivity index (χ2v) is 11.4. The molecule has 24 heavy (non-hydrogen) atoms. The van der Waals surface area contributed by atoms with Crippen LogP contribution in [0.2, 0.25) is 18.1 Å². The Kier molecular flexibility index (Phi) is 9.52. The highest BCUT2D eigenvalue weighted by Crippen LogP contribution is 2.29. The summed E-state index contributed by atoms with van der Waals surface area (Å²) in [6.07, 6.45) is 7.89. The van der Waals surface area contributed by atoms with Crippen LogP contribution in [-0.2, 0) is 18.8 Å². The fourth-order valence-corrected chi connectivity index (χ4v) is 6.14. The fraction of sp³-hybridized carbons (Fsp3) is 0.789. The average molecular weight is 355 g/mol. The molecule has 4 nitrogen and oxygen atoms in total. The van der Waals surface area contributed by atoms with Crippen molar-refractivity contribution in [2.75, 3.05) is 7.11 Å². The predicted molar refractivity (Wildman–Crippen MR) is 99.5 cm³/mol. The van der Waals surface area contributed by atoms with Gasteiger partial charge in [0, 0.05) is 12.8 Å². The lowest BCUT2D eigenvalue weighted by atomic mass is 10.0. The van der Waals surface area contributed by atoms with Crippen LogP contribution in [0.4, 0.5) is 0 Å². The molecule has 138 valence electrons. The smallest absolute Gasteiger partial charge is 0.305 e. The molecular formula is C19H34O4Si. The number of hydrogen-bond donors (Lipinski definition) is 0. The molecule has 0 saturated carbocycles. The molecule has 0 aromatic heterocycles. The van der Waals surface area contributed by atoms with Crippen molar-refractivity contribution < 1.29 is 18.8 Å². The van der Waals surface area contributed by atoms with Crippen LogP contribution in [0, 0.1) is 0 Å². The Bertz CT molecular complexity index is 432. The van der Waals surface area contributed by atoms with Gasteiger partial charge in [-0.15, -0.1) is 0 Å². The number of carbonyl (C=O) groups excluding carboxylic acids is 2. The summed E-state index contributed by atoms with van der Waals surface area (Å²) in [4.78, 5) is 23.2. The second kappa shape index (κ2) is 10.8. The van der Waals surface area contributed by atoms with Crippen LogP contribution in [0.25, 0.3) is 0 Å². The van der Waals surface area contributed by atoms with E-state index in [9.17, 15) is 9.59 Å². The summed E-state index contributed by atoms with van der Waals surface area (Å²) in [6, 6.07) is 3.36. The summed E-state index contributed by atoms with van der Waals surface area (Å²) in [5.41, 5.74) is 0.958. The van der Waals surface area contributed by atoms with Gasteiger partial charge in [0.05, 0.1) is 13.2 Å². The molecule has 1 aliphatic rings. The van der Waals surface area contributed by atoms with Crippen LogP contribution in [-0.4, -0.2) is 33.3 Å². The Morgan fingerprint density at radius 1 is 1.12 bits per heavy atom. The number of unbranched alkanes of at least 4 members (excludes halogenated alkanes) is 3. The highest BCUT2D eigenvalue weighted by Gasteiger charge is 2.34. The molecule has 5 heteroatoms. The van der Waals surface area contributed by atoms with Crippen molar-refractivity contribution in [3.05, 3.63) is 11.6 Å². The highest BCUT2D eigenvalue weighted by atomic mass is 28.4. The van der Waals surface area contributed by atoms with Gasteiger partial charge in [0.1, 0.15) is 0 Å². The van der Waals surface area contributed by atoms with Gasteiger partial charge in [-0.1, -0.05) is 33.6 Å². The molecule has 0 N–H and O–H groups in total. The fourth-order valence-electron chi connectivity index (χ4n) is 3.35. The van der Waals surface area contributed by atoms with Gasteiger partial charge in [-0.3, -0.25) is 9.59 Å². The molecule has 0 radical (unpaired) electrons. The van der Waals surface area contributed by atoms with Gasteiger partial charge in [0.15, 0.2) is 14.1 Å². The third-order valence-electron chi connectivity index (χ3n) is 5.27. The summed E-state index contributed by atoms with van der Waals surface area (Å²) >= 11 is 0. The van der Waals surface area contributed by atoms with Gasteiger partial charge in [-0.25, -0.2) is 0 Å². The van der Waals surface area contributed by atoms with Crippen LogP contribution in [0.1, 0.15) is 65.7 Å². The summed E-state index contributed by atoms with van der Waals surface area (Å²) in [5, 5.41) is 0. The van der Waals surface area contributed by atoms with Crippen molar-refractivity contribution in [1.82, 2.24) is 0 Å². The number of ether oxygens (including phenoxy) is 1. The van der Waals surface area contributed by atoms with E-state index in [2.05, 4.69) is 31.6 Å². The molecule has 0 saturated heterocycles. The number of rotatable bonds is 12. The van der Waals surface area contributed by atoms with Gasteiger partial charge in [0.2, 0.25) is 0 Å². The van der Waals surface area contributed by atoms with Gasteiger partial charge >= 0.3 is 5.97 Å². The molecule has 0 aromatic rings. The average Bonchev–Trinajstić information content (AvgIpc) is 2.94. The largest absolute Gasteiger partial charge is 0.469 e. The number of hydrogen-bond acceptors (Lipinski definition) is 4. The van der Waals surface area contributed by atoms with E-state index in [1.807, 2.05) is 0 Å². The lowest BCUT2D eigenvalue weighted by molar-refractivity contribution is -0.140. The normalized spacial score (nSPS) is 17.9. The van der Waals surface area contributed by atoms with Gasteiger partial charge in [-0.2, -0.15) is 0 Å². The molecular weight excluding hydrogens is 320 g/mol. The maximum atomic E-state index is 12.2. The summed E-state index contributed by atoms with van der Waals surface area (Å²) in [6.45, 7) is 6.65. The zero-order chi connectivity index (χ0) is 18.0. The quantitative estimate of drug-likeness (QED) is 0.287. The number of esters is 1. The molecule has 0 aromatic carbocycles. The minimum atomic E-state index is -1.65. The van der Waals surface area contributed by atoms with Gasteiger partial charge in [-0.05, 0) is 49.0 Å². The van der Waals surface area contributed by atoms with E-state index in [4.69, 9.17) is 4.43 Å². The van der Waals surface area contributed by atoms with E-state index in [0.29, 0.717) is 12.8 Å². The first kappa shape index (κ1) is 21.1. The minimum absolute atomic E-state index is 0.0124. The predicted octanol–water partition coefficient (Wildman–Crippen LogP) is 4.79. The maximum Gasteiger partial charge on any atom is 0.305 e. The van der Waals surface area contributed by atoms with Crippen LogP contribution in [0.5, 0.6) is 0 Å². The highest BCUT2D eigenvalue weighted by molar-refractivity contribution is 6.73. The number of Topliss-reactive ketones (excluding diaryl/α,β-unsaturated/α-hetero) is 1. The van der Waals surface area contributed by atoms with Crippen molar-refractivity contribution in [1.29, 1.82) is 0 Å². The third kappa shape index (κ3) is 6.52. The topological polar surface area (TPSA) is 52.6 Å². The number of carbonyl (C=O) groups is 2. The first-order valence-corrected chi connectivity index (χ1v) is 12.0. The zero-order valence-corrected chi connectivity index (χ0v) is 16.9. The van der Waals surface area contributed by atoms with Crippen LogP contribution >= 0.6 is 0 Å². The SMILES string of the molecule is CC[Si](CC)(CC)O[C@@H]1C=C(CCCCCCC(=O)OC)C(=O)C1. The lowest BCUT2D eigenvalue weighted by Gasteiger charge is -2.30. The first-order chi connectivity index (χ1) is 11.5. The minimum Gasteiger partial charge on any atom is -0.469 e. The second-order valence-electron chi connectivity index (χ2n) is 6.71. The Balaban J connectivity index is 2.35. The summed E-state index contributed by atoms with van der Waals surface area (Å²) < 4.78 is 11.0. The first-order valence-electron chi connectivity index (χ1n) is 9.48. The van der Waals surface area contributed by atoms with E-state index in [1.54, 1.807) is 0 Å². The molecule has 1 atom stereocenters. The standard InChI is InChI=1S/C19H34O4Si/c1-5-24(6-2,7-3)23-17-14-16(18(20)15-17)12-10-8-9-11-13-19(21)22-4/h14,17H,5-13,15H2,1-4H3/t17-/m1/s1. The lowest BCUT2D eigenvalue weighted by Crippen LogP contribution is -2.39. The Labute approximate surface area is 148 Å². The molecule has 0 spiro atoms. The Hall–Kier alpha value is -0.943. The van der Waals surface area contributed by atoms with Crippen molar-refractivity contribution in [2.45, 2.75) is 90.0 Å². The summed E-state index contributed by atoms with van der Waals surface area (Å²) in [5.74, 6) is 0.125. The van der Waals surface area contributed by atoms with Crippen LogP contribution in [0.3, 0.4) is 0 Å². The van der Waals surface area contributed by atoms with Gasteiger partial charge in [0.25, 0.3) is 0 Å². The van der Waals surface area contributed by atoms with Crippen molar-refractivity contribution in [3.63, 3.8) is 0 Å². The van der Waals surface area contributed by atoms with Crippen LogP contribution < -0.4 is 0 Å². The van der Waals surface area contributed by atoms with Gasteiger partial charge < -0.3 is 9.16 Å². The molecule has 0 fully saturated rings. The van der Waals surface area contributed by atoms with Crippen molar-refractivity contribution >= 4 is 20.1 Å². The molecule has 0 unspecified atom stereocenters. The monoisotopic (exact) mass is 354 g/mol. The van der Waals surface area contributed by atoms with Crippen molar-refractivity contribution in [2.24, 2.45) is 0 Å². The molecule has 0 amide bonds. The van der Waals surface area contributed by atoms with E-state index in [1.165, 1.54) is 7.11 Å². The zero-order valence-electron chi connectivity index (χ0n) is 15.9.